The van der Waals surface area contributed by atoms with Crippen LogP contribution in [-0.4, -0.2) is 26.1 Å². The number of fused-ring (bicyclic) bond motifs is 1. The van der Waals surface area contributed by atoms with Crippen LogP contribution in [0, 0.1) is 0 Å². The third-order valence-electron chi connectivity index (χ3n) is 3.15. The van der Waals surface area contributed by atoms with E-state index < -0.39 is 0 Å². The number of carbonyl (C=O) groups is 1. The number of carbonyl (C=O) groups excluding carboxylic acids is 1. The van der Waals surface area contributed by atoms with Crippen LogP contribution in [-0.2, 0) is 0 Å². The lowest BCUT2D eigenvalue weighted by molar-refractivity contribution is 0.106. The van der Waals surface area contributed by atoms with E-state index in [0.29, 0.717) is 17.0 Å². The summed E-state index contributed by atoms with van der Waals surface area (Å²) < 4.78 is 1.84. The molecule has 0 aromatic carbocycles. The highest BCUT2D eigenvalue weighted by atomic mass is 16.1. The first-order valence-corrected chi connectivity index (χ1v) is 6.67. The number of nitrogens with zero attached hydrogens (tertiary/aromatic N) is 4. The van der Waals surface area contributed by atoms with Gasteiger partial charge in [0, 0.05) is 23.8 Å². The van der Waals surface area contributed by atoms with E-state index in [0.717, 1.165) is 11.5 Å². The monoisotopic (exact) mass is 278 g/mol. The highest BCUT2D eigenvalue weighted by Crippen LogP contribution is 2.16. The first kappa shape index (κ1) is 13.2. The average molecular weight is 278 g/mol. The Hall–Kier alpha value is -2.78. The molecule has 0 amide bonds. The van der Waals surface area contributed by atoms with Crippen LogP contribution in [0.15, 0.2) is 53.5 Å². The van der Waals surface area contributed by atoms with Crippen LogP contribution < -0.4 is 0 Å². The fourth-order valence-corrected chi connectivity index (χ4v) is 2.00. The molecule has 0 saturated carbocycles. The van der Waals surface area contributed by atoms with E-state index >= 15 is 0 Å². The molecule has 104 valence electrons. The first-order valence-electron chi connectivity index (χ1n) is 6.67. The van der Waals surface area contributed by atoms with Gasteiger partial charge >= 0.3 is 0 Å². The molecule has 0 spiro atoms. The van der Waals surface area contributed by atoms with Crippen LogP contribution in [0.3, 0.4) is 0 Å². The summed E-state index contributed by atoms with van der Waals surface area (Å²) in [5.41, 5.74) is 5.08. The fraction of sp³-hybridized carbons (Fsp3) is 0.188. The van der Waals surface area contributed by atoms with E-state index in [9.17, 15) is 4.79 Å². The minimum Gasteiger partial charge on any atom is -0.287 e. The van der Waals surface area contributed by atoms with Crippen LogP contribution in [0.1, 0.15) is 35.9 Å². The summed E-state index contributed by atoms with van der Waals surface area (Å²) >= 11 is 0. The summed E-state index contributed by atoms with van der Waals surface area (Å²) in [6.07, 6.45) is 4.93. The third kappa shape index (κ3) is 2.47. The summed E-state index contributed by atoms with van der Waals surface area (Å²) in [5, 5.41) is 8.25. The van der Waals surface area contributed by atoms with Crippen LogP contribution in [0.5, 0.6) is 0 Å². The normalized spacial score (nSPS) is 13.7. The standard InChI is InChI=1S/C16H14N4O/c1-4-13(17-12-6-7-12)15(21)11-5-8-14-18-19-16(10(2)3)20(14)9-11/h4-6,8-10H,1H2,2-3H3/b17-13-. The molecule has 0 bridgehead atoms. The summed E-state index contributed by atoms with van der Waals surface area (Å²) in [7, 11) is 0. The van der Waals surface area contributed by atoms with Gasteiger partial charge in [0.25, 0.3) is 0 Å². The third-order valence-corrected chi connectivity index (χ3v) is 3.15. The lowest BCUT2D eigenvalue weighted by atomic mass is 10.1. The van der Waals surface area contributed by atoms with E-state index in [1.54, 1.807) is 24.4 Å². The Kier molecular flexibility index (Phi) is 3.12. The Morgan fingerprint density at radius 2 is 2.19 bits per heavy atom. The largest absolute Gasteiger partial charge is 0.287 e. The summed E-state index contributed by atoms with van der Waals surface area (Å²) in [6.45, 7) is 7.72. The Labute approximate surface area is 122 Å². The fourth-order valence-electron chi connectivity index (χ4n) is 2.00. The zero-order chi connectivity index (χ0) is 15.0. The second kappa shape index (κ2) is 4.96. The van der Waals surface area contributed by atoms with Gasteiger partial charge in [0.15, 0.2) is 5.65 Å². The molecule has 21 heavy (non-hydrogen) atoms. The second-order valence-electron chi connectivity index (χ2n) is 5.06. The lowest BCUT2D eigenvalue weighted by Crippen LogP contribution is -2.13. The van der Waals surface area contributed by atoms with E-state index in [2.05, 4.69) is 27.5 Å². The first-order chi connectivity index (χ1) is 10.1. The van der Waals surface area contributed by atoms with Crippen LogP contribution in [0.4, 0.5) is 0 Å². The molecule has 5 heteroatoms. The average Bonchev–Trinajstić information content (AvgIpc) is 3.19. The molecular formula is C16H14N4O. The van der Waals surface area contributed by atoms with Gasteiger partial charge in [-0.05, 0) is 18.2 Å². The number of pyridine rings is 1. The van der Waals surface area contributed by atoms with Crippen molar-refractivity contribution in [3.63, 3.8) is 0 Å². The summed E-state index contributed by atoms with van der Waals surface area (Å²) in [4.78, 5) is 16.6. The van der Waals surface area contributed by atoms with Crippen LogP contribution >= 0.6 is 0 Å². The Balaban J connectivity index is 2.03. The number of hydrogen-bond acceptors (Lipinski definition) is 4. The zero-order valence-corrected chi connectivity index (χ0v) is 11.9. The number of aromatic nitrogens is 3. The quantitative estimate of drug-likeness (QED) is 0.480. The van der Waals surface area contributed by atoms with Crippen molar-refractivity contribution in [1.29, 1.82) is 0 Å². The molecule has 2 aromatic heterocycles. The molecule has 2 aromatic rings. The van der Waals surface area contributed by atoms with Gasteiger partial charge in [0.2, 0.25) is 5.78 Å². The van der Waals surface area contributed by atoms with Crippen molar-refractivity contribution < 1.29 is 4.79 Å². The number of allylic oxidation sites excluding steroid dienone is 1. The van der Waals surface area contributed by atoms with Gasteiger partial charge in [-0.1, -0.05) is 26.2 Å². The van der Waals surface area contributed by atoms with Crippen molar-refractivity contribution in [2.75, 3.05) is 0 Å². The molecule has 0 atom stereocenters. The van der Waals surface area contributed by atoms with Crippen molar-refractivity contribution in [3.8, 4) is 0 Å². The molecular weight excluding hydrogens is 264 g/mol. The molecule has 3 rings (SSSR count). The Morgan fingerprint density at radius 3 is 2.81 bits per heavy atom. The smallest absolute Gasteiger partial charge is 0.212 e. The van der Waals surface area contributed by atoms with Crippen molar-refractivity contribution in [2.45, 2.75) is 19.8 Å². The van der Waals surface area contributed by atoms with E-state index in [4.69, 9.17) is 0 Å². The van der Waals surface area contributed by atoms with Crippen molar-refractivity contribution in [2.24, 2.45) is 4.99 Å². The van der Waals surface area contributed by atoms with Gasteiger partial charge in [-0.2, -0.15) is 0 Å². The molecule has 0 aliphatic heterocycles. The molecule has 5 nitrogen and oxygen atoms in total. The minimum atomic E-state index is -0.176. The molecule has 1 aliphatic rings. The van der Waals surface area contributed by atoms with Crippen LogP contribution in [0.25, 0.3) is 5.65 Å². The molecule has 0 radical (unpaired) electrons. The van der Waals surface area contributed by atoms with Crippen molar-refractivity contribution in [1.82, 2.24) is 14.6 Å². The molecule has 0 N–H and O–H groups in total. The Morgan fingerprint density at radius 1 is 1.43 bits per heavy atom. The molecule has 0 fully saturated rings. The maximum Gasteiger partial charge on any atom is 0.212 e. The number of ketones is 1. The number of hydrogen-bond donors (Lipinski definition) is 0. The van der Waals surface area contributed by atoms with E-state index in [-0.39, 0.29) is 11.7 Å². The van der Waals surface area contributed by atoms with Gasteiger partial charge in [-0.3, -0.25) is 9.20 Å². The van der Waals surface area contributed by atoms with Gasteiger partial charge in [-0.15, -0.1) is 10.2 Å². The van der Waals surface area contributed by atoms with Gasteiger partial charge in [-0.25, -0.2) is 4.99 Å². The lowest BCUT2D eigenvalue weighted by Gasteiger charge is -2.05. The number of aliphatic imine (C=N–C) groups is 1. The predicted molar refractivity (Wildman–Crippen MR) is 80.6 cm³/mol. The highest BCUT2D eigenvalue weighted by Gasteiger charge is 2.16. The second-order valence-corrected chi connectivity index (χ2v) is 5.06. The summed E-state index contributed by atoms with van der Waals surface area (Å²) in [5.74, 6) is 0.868. The van der Waals surface area contributed by atoms with Gasteiger partial charge in [0.05, 0.1) is 0 Å². The van der Waals surface area contributed by atoms with Gasteiger partial charge in [0.1, 0.15) is 17.2 Å². The topological polar surface area (TPSA) is 59.6 Å². The molecule has 2 heterocycles. The minimum absolute atomic E-state index is 0.176. The van der Waals surface area contributed by atoms with E-state index in [1.807, 2.05) is 18.2 Å². The SMILES string of the molecule is C=C/C(=N/C1=C=C1)C(=O)c1ccc2nnc(C(C)C)n2c1. The number of rotatable bonds is 5. The zero-order valence-electron chi connectivity index (χ0n) is 11.9. The molecule has 1 aliphatic carbocycles. The van der Waals surface area contributed by atoms with E-state index in [1.165, 1.54) is 6.08 Å². The highest BCUT2D eigenvalue weighted by molar-refractivity contribution is 6.49. The molecule has 0 unspecified atom stereocenters. The maximum absolute atomic E-state index is 12.5. The predicted octanol–water partition coefficient (Wildman–Crippen LogP) is 2.72. The Bertz CT molecular complexity index is 848. The molecule has 0 saturated heterocycles. The maximum atomic E-state index is 12.5. The van der Waals surface area contributed by atoms with Crippen LogP contribution in [0.2, 0.25) is 0 Å². The summed E-state index contributed by atoms with van der Waals surface area (Å²) in [6, 6.07) is 3.51. The number of Topliss-reactive ketones (excluding diaryl/α,β-unsaturated/α-hetero) is 1. The van der Waals surface area contributed by atoms with Gasteiger partial charge < -0.3 is 0 Å². The van der Waals surface area contributed by atoms with Crippen molar-refractivity contribution >= 4 is 17.1 Å². The van der Waals surface area contributed by atoms with Crippen molar-refractivity contribution in [3.05, 3.63) is 59.9 Å².